The van der Waals surface area contributed by atoms with Gasteiger partial charge < -0.3 is 15.2 Å². The summed E-state index contributed by atoms with van der Waals surface area (Å²) < 4.78 is 5.44. The van der Waals surface area contributed by atoms with Crippen LogP contribution in [0.4, 0.5) is 0 Å². The van der Waals surface area contributed by atoms with Gasteiger partial charge in [0, 0.05) is 12.6 Å². The summed E-state index contributed by atoms with van der Waals surface area (Å²) in [6.45, 7) is 2.61. The van der Waals surface area contributed by atoms with Gasteiger partial charge in [-0.1, -0.05) is 42.5 Å². The minimum Gasteiger partial charge on any atom is -0.491 e. The molecule has 0 saturated heterocycles. The average molecular weight is 316 g/mol. The number of aliphatic hydroxyl groups excluding tert-OH is 1. The molecular weight excluding hydrogens is 297 g/mol. The fourth-order valence-electron chi connectivity index (χ4n) is 1.63. The molecule has 110 valence electrons. The molecule has 2 atom stereocenters. The van der Waals surface area contributed by atoms with Crippen LogP contribution in [0.1, 0.15) is 19.8 Å². The Morgan fingerprint density at radius 2 is 2.15 bits per heavy atom. The smallest absolute Gasteiger partial charge is 0.121 e. The molecule has 0 aliphatic carbocycles. The van der Waals surface area contributed by atoms with Gasteiger partial charge in [0.25, 0.3) is 0 Å². The Morgan fingerprint density at radius 1 is 1.40 bits per heavy atom. The van der Waals surface area contributed by atoms with E-state index in [0.29, 0.717) is 22.3 Å². The molecule has 1 rings (SSSR count). The van der Waals surface area contributed by atoms with E-state index < -0.39 is 6.10 Å². The molecule has 3 nitrogen and oxygen atoms in total. The standard InChI is InChI=1S/C15H19Cl2NO2/c1-3-5-11(4-2)18-9-12(19)10-20-13-6-7-14(16)15(17)8-13/h2,6-8,11-12,18-19H,3,5,9-10H2,1H3. The number of hydrogen-bond donors (Lipinski definition) is 2. The summed E-state index contributed by atoms with van der Waals surface area (Å²) in [4.78, 5) is 0. The molecular formula is C15H19Cl2NO2. The lowest BCUT2D eigenvalue weighted by Gasteiger charge is -2.16. The average Bonchev–Trinajstić information content (AvgIpc) is 2.44. The van der Waals surface area contributed by atoms with E-state index in [2.05, 4.69) is 18.2 Å². The molecule has 0 aliphatic rings. The van der Waals surface area contributed by atoms with Crippen LogP contribution in [0.25, 0.3) is 0 Å². The summed E-state index contributed by atoms with van der Waals surface area (Å²) in [5, 5.41) is 13.8. The Kier molecular flexibility index (Phi) is 7.79. The molecule has 0 bridgehead atoms. The number of hydrogen-bond acceptors (Lipinski definition) is 3. The van der Waals surface area contributed by atoms with E-state index in [1.54, 1.807) is 18.2 Å². The Balaban J connectivity index is 2.34. The molecule has 5 heteroatoms. The monoisotopic (exact) mass is 315 g/mol. The molecule has 0 aromatic heterocycles. The zero-order valence-corrected chi connectivity index (χ0v) is 12.9. The first kappa shape index (κ1) is 17.1. The van der Waals surface area contributed by atoms with Crippen molar-refractivity contribution in [2.75, 3.05) is 13.2 Å². The van der Waals surface area contributed by atoms with Crippen molar-refractivity contribution < 1.29 is 9.84 Å². The van der Waals surface area contributed by atoms with Crippen molar-refractivity contribution in [1.29, 1.82) is 0 Å². The largest absolute Gasteiger partial charge is 0.491 e. The predicted octanol–water partition coefficient (Wildman–Crippen LogP) is 3.12. The Morgan fingerprint density at radius 3 is 2.75 bits per heavy atom. The second-order valence-electron chi connectivity index (χ2n) is 4.46. The van der Waals surface area contributed by atoms with E-state index >= 15 is 0 Å². The lowest BCUT2D eigenvalue weighted by atomic mass is 10.2. The summed E-state index contributed by atoms with van der Waals surface area (Å²) in [6, 6.07) is 4.96. The van der Waals surface area contributed by atoms with Crippen LogP contribution in [0.3, 0.4) is 0 Å². The summed E-state index contributed by atoms with van der Waals surface area (Å²) in [7, 11) is 0. The Hall–Kier alpha value is -0.920. The second kappa shape index (κ2) is 9.10. The number of benzene rings is 1. The van der Waals surface area contributed by atoms with Crippen LogP contribution >= 0.6 is 23.2 Å². The van der Waals surface area contributed by atoms with E-state index in [4.69, 9.17) is 34.4 Å². The molecule has 2 N–H and O–H groups in total. The van der Waals surface area contributed by atoms with Crippen LogP contribution in [0.5, 0.6) is 5.75 Å². The van der Waals surface area contributed by atoms with Crippen molar-refractivity contribution in [1.82, 2.24) is 5.32 Å². The summed E-state index contributed by atoms with van der Waals surface area (Å²) >= 11 is 11.7. The molecule has 0 amide bonds. The topological polar surface area (TPSA) is 41.5 Å². The van der Waals surface area contributed by atoms with Gasteiger partial charge >= 0.3 is 0 Å². The Bertz CT molecular complexity index is 460. The maximum Gasteiger partial charge on any atom is 0.121 e. The number of nitrogens with one attached hydrogen (secondary N) is 1. The summed E-state index contributed by atoms with van der Waals surface area (Å²) in [5.74, 6) is 3.22. The molecule has 2 unspecified atom stereocenters. The van der Waals surface area contributed by atoms with Gasteiger partial charge in [-0.2, -0.15) is 0 Å². The van der Waals surface area contributed by atoms with Gasteiger partial charge in [-0.3, -0.25) is 0 Å². The highest BCUT2D eigenvalue weighted by molar-refractivity contribution is 6.42. The SMILES string of the molecule is C#CC(CCC)NCC(O)COc1ccc(Cl)c(Cl)c1. The molecule has 20 heavy (non-hydrogen) atoms. The van der Waals surface area contributed by atoms with Gasteiger partial charge in [0.05, 0.1) is 16.1 Å². The van der Waals surface area contributed by atoms with E-state index in [9.17, 15) is 5.11 Å². The molecule has 1 aromatic rings. The molecule has 0 spiro atoms. The molecule has 1 aromatic carbocycles. The summed E-state index contributed by atoms with van der Waals surface area (Å²) in [5.41, 5.74) is 0. The molecule has 0 aliphatic heterocycles. The van der Waals surface area contributed by atoms with E-state index in [-0.39, 0.29) is 12.6 Å². The summed E-state index contributed by atoms with van der Waals surface area (Å²) in [6.07, 6.45) is 6.63. The van der Waals surface area contributed by atoms with Gasteiger partial charge in [0.15, 0.2) is 0 Å². The lowest BCUT2D eigenvalue weighted by molar-refractivity contribution is 0.105. The van der Waals surface area contributed by atoms with Gasteiger partial charge in [-0.25, -0.2) is 0 Å². The van der Waals surface area contributed by atoms with Crippen molar-refractivity contribution in [3.63, 3.8) is 0 Å². The first-order valence-electron chi connectivity index (χ1n) is 6.52. The van der Waals surface area contributed by atoms with Crippen LogP contribution in [0, 0.1) is 12.3 Å². The van der Waals surface area contributed by atoms with Gasteiger partial charge in [-0.15, -0.1) is 6.42 Å². The maximum absolute atomic E-state index is 9.83. The normalized spacial score (nSPS) is 13.6. The minimum absolute atomic E-state index is 0.0142. The van der Waals surface area contributed by atoms with E-state index in [1.165, 1.54) is 0 Å². The molecule has 0 heterocycles. The second-order valence-corrected chi connectivity index (χ2v) is 5.27. The van der Waals surface area contributed by atoms with Crippen molar-refractivity contribution in [2.45, 2.75) is 31.9 Å². The first-order valence-corrected chi connectivity index (χ1v) is 7.27. The van der Waals surface area contributed by atoms with Crippen LogP contribution in [0.2, 0.25) is 10.0 Å². The molecule has 0 saturated carbocycles. The van der Waals surface area contributed by atoms with Crippen molar-refractivity contribution in [3.8, 4) is 18.1 Å². The minimum atomic E-state index is -0.642. The number of rotatable bonds is 8. The van der Waals surface area contributed by atoms with Crippen LogP contribution in [-0.2, 0) is 0 Å². The molecule has 0 fully saturated rings. The maximum atomic E-state index is 9.83. The highest BCUT2D eigenvalue weighted by Gasteiger charge is 2.09. The number of ether oxygens (including phenoxy) is 1. The predicted molar refractivity (Wildman–Crippen MR) is 83.5 cm³/mol. The number of halogens is 2. The fraction of sp³-hybridized carbons (Fsp3) is 0.467. The van der Waals surface area contributed by atoms with Gasteiger partial charge in [-0.05, 0) is 18.6 Å². The van der Waals surface area contributed by atoms with E-state index in [0.717, 1.165) is 12.8 Å². The Labute approximate surface area is 130 Å². The van der Waals surface area contributed by atoms with Crippen LogP contribution < -0.4 is 10.1 Å². The lowest BCUT2D eigenvalue weighted by Crippen LogP contribution is -2.37. The number of aliphatic hydroxyl groups is 1. The highest BCUT2D eigenvalue weighted by atomic mass is 35.5. The van der Waals surface area contributed by atoms with Crippen molar-refractivity contribution in [2.24, 2.45) is 0 Å². The molecule has 0 radical (unpaired) electrons. The highest BCUT2D eigenvalue weighted by Crippen LogP contribution is 2.26. The zero-order valence-electron chi connectivity index (χ0n) is 11.4. The number of terminal acetylenes is 1. The van der Waals surface area contributed by atoms with Crippen molar-refractivity contribution in [3.05, 3.63) is 28.2 Å². The van der Waals surface area contributed by atoms with Crippen LogP contribution in [-0.4, -0.2) is 30.4 Å². The van der Waals surface area contributed by atoms with Crippen molar-refractivity contribution >= 4 is 23.2 Å². The fourth-order valence-corrected chi connectivity index (χ4v) is 1.92. The van der Waals surface area contributed by atoms with E-state index in [1.807, 2.05) is 0 Å². The van der Waals surface area contributed by atoms with Gasteiger partial charge in [0.2, 0.25) is 0 Å². The quantitative estimate of drug-likeness (QED) is 0.724. The third-order valence-corrected chi connectivity index (χ3v) is 3.45. The third-order valence-electron chi connectivity index (χ3n) is 2.71. The first-order chi connectivity index (χ1) is 9.56. The zero-order chi connectivity index (χ0) is 15.0. The van der Waals surface area contributed by atoms with Crippen LogP contribution in [0.15, 0.2) is 18.2 Å². The van der Waals surface area contributed by atoms with Gasteiger partial charge in [0.1, 0.15) is 18.5 Å². The third kappa shape index (κ3) is 6.02.